The number of hydrogen-bond donors (Lipinski definition) is 0. The van der Waals surface area contributed by atoms with Crippen LogP contribution in [0.25, 0.3) is 0 Å². The molecule has 2 unspecified atom stereocenters. The van der Waals surface area contributed by atoms with Gasteiger partial charge in [0.2, 0.25) is 10.0 Å². The number of nitrogens with zero attached hydrogens (tertiary/aromatic N) is 2. The molecule has 0 aromatic heterocycles. The molecule has 2 heterocycles. The van der Waals surface area contributed by atoms with E-state index in [9.17, 15) is 13.2 Å². The first-order valence-corrected chi connectivity index (χ1v) is 13.8. The van der Waals surface area contributed by atoms with Crippen molar-refractivity contribution in [3.8, 4) is 0 Å². The van der Waals surface area contributed by atoms with E-state index in [1.165, 1.54) is 25.7 Å². The third kappa shape index (κ3) is 4.85. The van der Waals surface area contributed by atoms with Crippen molar-refractivity contribution in [2.75, 3.05) is 26.2 Å². The van der Waals surface area contributed by atoms with Gasteiger partial charge in [0.15, 0.2) is 0 Å². The van der Waals surface area contributed by atoms with Crippen LogP contribution in [0.2, 0.25) is 0 Å². The summed E-state index contributed by atoms with van der Waals surface area (Å²) in [6.45, 7) is 6.81. The van der Waals surface area contributed by atoms with E-state index in [1.807, 2.05) is 30.9 Å². The maximum absolute atomic E-state index is 13.6. The van der Waals surface area contributed by atoms with Gasteiger partial charge in [-0.2, -0.15) is 4.31 Å². The number of carbonyl (C=O) groups excluding carboxylic acids is 1. The first-order chi connectivity index (χ1) is 14.9. The molecule has 4 rings (SSSR count). The first kappa shape index (κ1) is 22.8. The zero-order valence-corrected chi connectivity index (χ0v) is 20.0. The minimum atomic E-state index is -3.60. The highest BCUT2D eigenvalue weighted by Crippen LogP contribution is 2.37. The monoisotopic (exact) mass is 446 g/mol. The standard InChI is InChI=1S/C25H38N2O3S/c1-19(2)23-12-11-21(17-24(23)31(29,30)27-14-7-3-4-8-15-27)25(28)26-16-13-20-9-5-6-10-22(20)18-26/h11-12,17,19-20,22H,3-10,13-16,18H2,1-2H3. The molecular formula is C25H38N2O3S. The lowest BCUT2D eigenvalue weighted by atomic mass is 9.75. The lowest BCUT2D eigenvalue weighted by molar-refractivity contribution is 0.0520. The Morgan fingerprint density at radius 3 is 2.26 bits per heavy atom. The van der Waals surface area contributed by atoms with Crippen molar-refractivity contribution in [1.29, 1.82) is 0 Å². The summed E-state index contributed by atoms with van der Waals surface area (Å²) >= 11 is 0. The number of piperidine rings is 1. The molecule has 1 amide bonds. The molecule has 0 N–H and O–H groups in total. The smallest absolute Gasteiger partial charge is 0.253 e. The van der Waals surface area contributed by atoms with E-state index in [0.717, 1.165) is 56.7 Å². The molecule has 2 atom stereocenters. The zero-order chi connectivity index (χ0) is 22.0. The van der Waals surface area contributed by atoms with Crippen molar-refractivity contribution in [3.05, 3.63) is 29.3 Å². The molecule has 1 aromatic carbocycles. The van der Waals surface area contributed by atoms with Crippen molar-refractivity contribution >= 4 is 15.9 Å². The number of carbonyl (C=O) groups is 1. The van der Waals surface area contributed by atoms with Crippen LogP contribution in [0, 0.1) is 11.8 Å². The molecule has 0 radical (unpaired) electrons. The predicted molar refractivity (Wildman–Crippen MR) is 124 cm³/mol. The molecule has 3 aliphatic rings. The van der Waals surface area contributed by atoms with Crippen molar-refractivity contribution in [1.82, 2.24) is 9.21 Å². The minimum Gasteiger partial charge on any atom is -0.338 e. The molecule has 0 bridgehead atoms. The Bertz CT molecular complexity index is 888. The fraction of sp³-hybridized carbons (Fsp3) is 0.720. The van der Waals surface area contributed by atoms with Gasteiger partial charge in [0, 0.05) is 31.7 Å². The van der Waals surface area contributed by atoms with Gasteiger partial charge in [-0.15, -0.1) is 0 Å². The lowest BCUT2D eigenvalue weighted by Crippen LogP contribution is -2.44. The Kier molecular flexibility index (Phi) is 7.07. The summed E-state index contributed by atoms with van der Waals surface area (Å²) in [5, 5.41) is 0. The van der Waals surface area contributed by atoms with Gasteiger partial charge in [0.05, 0.1) is 4.90 Å². The van der Waals surface area contributed by atoms with E-state index in [-0.39, 0.29) is 11.8 Å². The molecule has 1 aliphatic carbocycles. The van der Waals surface area contributed by atoms with Crippen molar-refractivity contribution in [2.45, 2.75) is 82.4 Å². The third-order valence-electron chi connectivity index (χ3n) is 7.64. The van der Waals surface area contributed by atoms with Gasteiger partial charge in [-0.05, 0) is 61.1 Å². The Hall–Kier alpha value is -1.40. The summed E-state index contributed by atoms with van der Waals surface area (Å²) in [6, 6.07) is 5.38. The summed E-state index contributed by atoms with van der Waals surface area (Å²) in [6.07, 6.45) is 10.2. The number of hydrogen-bond acceptors (Lipinski definition) is 3. The molecule has 31 heavy (non-hydrogen) atoms. The van der Waals surface area contributed by atoms with Crippen LogP contribution >= 0.6 is 0 Å². The highest BCUT2D eigenvalue weighted by Gasteiger charge is 2.34. The maximum atomic E-state index is 13.6. The van der Waals surface area contributed by atoms with Crippen LogP contribution in [0.15, 0.2) is 23.1 Å². The minimum absolute atomic E-state index is 0.00774. The predicted octanol–water partition coefficient (Wildman–Crippen LogP) is 5.03. The second-order valence-electron chi connectivity index (χ2n) is 10.1. The second kappa shape index (κ2) is 9.62. The molecule has 1 aromatic rings. The first-order valence-electron chi connectivity index (χ1n) is 12.3. The van der Waals surface area contributed by atoms with Crippen LogP contribution in [0.5, 0.6) is 0 Å². The van der Waals surface area contributed by atoms with Gasteiger partial charge >= 0.3 is 0 Å². The van der Waals surface area contributed by atoms with Crippen LogP contribution in [-0.4, -0.2) is 49.7 Å². The van der Waals surface area contributed by atoms with Gasteiger partial charge in [0.25, 0.3) is 5.91 Å². The molecule has 2 saturated heterocycles. The van der Waals surface area contributed by atoms with Gasteiger partial charge in [-0.1, -0.05) is 52.0 Å². The highest BCUT2D eigenvalue weighted by atomic mass is 32.2. The Morgan fingerprint density at radius 2 is 1.58 bits per heavy atom. The van der Waals surface area contributed by atoms with Gasteiger partial charge < -0.3 is 4.90 Å². The van der Waals surface area contributed by atoms with Crippen LogP contribution in [0.1, 0.15) is 93.5 Å². The Balaban J connectivity index is 1.61. The Morgan fingerprint density at radius 1 is 0.903 bits per heavy atom. The molecular weight excluding hydrogens is 408 g/mol. The largest absolute Gasteiger partial charge is 0.338 e. The van der Waals surface area contributed by atoms with Crippen molar-refractivity contribution in [2.24, 2.45) is 11.8 Å². The normalized spacial score (nSPS) is 25.8. The molecule has 1 saturated carbocycles. The number of likely N-dealkylation sites (tertiary alicyclic amines) is 1. The van der Waals surface area contributed by atoms with E-state index < -0.39 is 10.0 Å². The summed E-state index contributed by atoms with van der Waals surface area (Å²) < 4.78 is 28.9. The van der Waals surface area contributed by atoms with Crippen LogP contribution in [0.3, 0.4) is 0 Å². The van der Waals surface area contributed by atoms with Crippen LogP contribution < -0.4 is 0 Å². The van der Waals surface area contributed by atoms with E-state index in [1.54, 1.807) is 10.4 Å². The quantitative estimate of drug-likeness (QED) is 0.652. The van der Waals surface area contributed by atoms with Gasteiger partial charge in [-0.3, -0.25) is 4.79 Å². The summed E-state index contributed by atoms with van der Waals surface area (Å²) in [4.78, 5) is 15.7. The van der Waals surface area contributed by atoms with E-state index in [0.29, 0.717) is 29.5 Å². The topological polar surface area (TPSA) is 57.7 Å². The number of rotatable bonds is 4. The van der Waals surface area contributed by atoms with Gasteiger partial charge in [0.1, 0.15) is 0 Å². The Labute approximate surface area is 188 Å². The number of benzene rings is 1. The SMILES string of the molecule is CC(C)c1ccc(C(=O)N2CCC3CCCCC3C2)cc1S(=O)(=O)N1CCCCCC1. The van der Waals surface area contributed by atoms with E-state index in [2.05, 4.69) is 0 Å². The summed E-state index contributed by atoms with van der Waals surface area (Å²) in [5.41, 5.74) is 1.33. The third-order valence-corrected chi connectivity index (χ3v) is 9.60. The van der Waals surface area contributed by atoms with Crippen molar-refractivity contribution < 1.29 is 13.2 Å². The molecule has 0 spiro atoms. The van der Waals surface area contributed by atoms with Gasteiger partial charge in [-0.25, -0.2) is 8.42 Å². The highest BCUT2D eigenvalue weighted by molar-refractivity contribution is 7.89. The van der Waals surface area contributed by atoms with Crippen molar-refractivity contribution in [3.63, 3.8) is 0 Å². The zero-order valence-electron chi connectivity index (χ0n) is 19.2. The average molecular weight is 447 g/mol. The van der Waals surface area contributed by atoms with E-state index in [4.69, 9.17) is 0 Å². The molecule has 2 aliphatic heterocycles. The maximum Gasteiger partial charge on any atom is 0.253 e. The number of sulfonamides is 1. The molecule has 6 heteroatoms. The second-order valence-corrected chi connectivity index (χ2v) is 12.0. The molecule has 3 fully saturated rings. The van der Waals surface area contributed by atoms with Crippen LogP contribution in [0.4, 0.5) is 0 Å². The molecule has 172 valence electrons. The summed E-state index contributed by atoms with van der Waals surface area (Å²) in [7, 11) is -3.60. The average Bonchev–Trinajstić information content (AvgIpc) is 3.08. The summed E-state index contributed by atoms with van der Waals surface area (Å²) in [5.74, 6) is 1.45. The fourth-order valence-electron chi connectivity index (χ4n) is 5.76. The number of fused-ring (bicyclic) bond motifs is 1. The van der Waals surface area contributed by atoms with Crippen LogP contribution in [-0.2, 0) is 10.0 Å². The lowest BCUT2D eigenvalue weighted by Gasteiger charge is -2.41. The number of amides is 1. The molecule has 5 nitrogen and oxygen atoms in total. The van der Waals surface area contributed by atoms with E-state index >= 15 is 0 Å². The fourth-order valence-corrected chi connectivity index (χ4v) is 7.65.